The van der Waals surface area contributed by atoms with Crippen LogP contribution < -0.4 is 70.0 Å². The summed E-state index contributed by atoms with van der Waals surface area (Å²) in [6.45, 7) is 6.53. The van der Waals surface area contributed by atoms with E-state index in [4.69, 9.17) is 16.9 Å². The molecule has 3 saturated heterocycles. The standard InChI is InChI=1S/C91H127N23O20S/c1-9-11-25-70-83(127)102-61(24-17-33-96-91(93)94)79(123)109-69(78(122)99-45-74(92)117)47-135-48-75(118)101-65(37-52-29-31-56(116)32-30-52)86(130)110(6)51(5)77(121)105-67(41-76(119)120)89(133)114-35-19-28-72(114)85(129)104-63(40-55-44-95-49-100-55)81(125)106-64(36-50(3)4)88(132)113-34-18-27-71(113)84(128)103-62(38-53-42-97-59-22-15-13-20-57(53)59)80(124)108-68(46-115)82(126)107-66(39-54-43-98-60-23-16-14-21-58(54)60)87(131)112(8)73(26-12-10-2)90(134)111(70)7/h13-16,20-23,29-32,42-44,49-51,61-73,97-98,115-116H,9-12,17-19,24-28,33-41,45-48H2,1-8H3,(H2,92,117)(H,95,100)(H,99,122)(H,101,118)(H,102,127)(H,103,128)(H,104,129)(H,105,121)(H,106,125)(H,107,126)(H,108,124)(H,109,123)(H,119,120)(H4,93,94,96)/t51-,61-,62-,63-,64-,65-,66-,67-,68-,69-,70-,71-,72-,73-/m0/s1. The minimum absolute atomic E-state index is 0.00127. The number of guanidine groups is 1. The van der Waals surface area contributed by atoms with E-state index in [0.29, 0.717) is 64.2 Å². The normalized spacial score (nSPS) is 24.2. The number of nitrogens with one attached hydrogen (secondary N) is 15. The van der Waals surface area contributed by atoms with E-state index in [0.717, 1.165) is 31.4 Å². The monoisotopic (exact) mass is 1890 g/mol. The second-order valence-electron chi connectivity index (χ2n) is 34.7. The second-order valence-corrected chi connectivity index (χ2v) is 35.7. The van der Waals surface area contributed by atoms with Crippen LogP contribution in [0.2, 0.25) is 0 Å². The minimum atomic E-state index is -1.89. The van der Waals surface area contributed by atoms with Gasteiger partial charge in [-0.3, -0.25) is 86.9 Å². The molecule has 0 unspecified atom stereocenters. The first kappa shape index (κ1) is 105. The zero-order chi connectivity index (χ0) is 98.4. The molecule has 0 aliphatic carbocycles. The van der Waals surface area contributed by atoms with Gasteiger partial charge in [-0.15, -0.1) is 11.8 Å². The van der Waals surface area contributed by atoms with Crippen molar-refractivity contribution in [3.8, 4) is 5.75 Å². The van der Waals surface area contributed by atoms with Crippen molar-refractivity contribution in [1.82, 2.24) is 103 Å². The summed E-state index contributed by atoms with van der Waals surface area (Å²) in [5, 5.41) is 70.1. The lowest BCUT2D eigenvalue weighted by molar-refractivity contribution is -0.149. The fourth-order valence-electron chi connectivity index (χ4n) is 16.8. The quantitative estimate of drug-likeness (QED) is 0.0170. The third-order valence-electron chi connectivity index (χ3n) is 24.3. The summed E-state index contributed by atoms with van der Waals surface area (Å²) in [5.41, 5.74) is 14.1. The van der Waals surface area contributed by atoms with Crippen molar-refractivity contribution >= 4 is 140 Å². The van der Waals surface area contributed by atoms with Crippen molar-refractivity contribution in [3.63, 3.8) is 0 Å². The molecule has 3 aliphatic rings. The fourth-order valence-corrected chi connectivity index (χ4v) is 17.6. The first-order chi connectivity index (χ1) is 64.4. The molecule has 0 saturated carbocycles. The molecule has 22 N–H and O–H groups in total. The van der Waals surface area contributed by atoms with E-state index >= 15 is 38.4 Å². The van der Waals surface area contributed by atoms with E-state index in [9.17, 15) is 58.5 Å². The maximum atomic E-state index is 15.8. The number of thioether (sulfide) groups is 1. The smallest absolute Gasteiger partial charge is 0.305 e. The summed E-state index contributed by atoms with van der Waals surface area (Å²) in [5.74, 6) is -18.2. The number of para-hydroxylation sites is 2. The lowest BCUT2D eigenvalue weighted by Gasteiger charge is -2.36. The predicted molar refractivity (Wildman–Crippen MR) is 497 cm³/mol. The number of phenols is 1. The number of aliphatic hydroxyl groups excluding tert-OH is 1. The van der Waals surface area contributed by atoms with Crippen molar-refractivity contribution < 1.29 is 96.8 Å². The number of hydrogen-bond donors (Lipinski definition) is 20. The van der Waals surface area contributed by atoms with Crippen LogP contribution in [0, 0.1) is 11.3 Å². The summed E-state index contributed by atoms with van der Waals surface area (Å²) in [6, 6.07) is -1.76. The minimum Gasteiger partial charge on any atom is -0.508 e. The van der Waals surface area contributed by atoms with Crippen LogP contribution in [0.25, 0.3) is 21.8 Å². The largest absolute Gasteiger partial charge is 0.508 e. The van der Waals surface area contributed by atoms with E-state index in [1.807, 2.05) is 13.8 Å². The molecule has 16 amide bonds. The van der Waals surface area contributed by atoms with E-state index in [1.165, 1.54) is 69.8 Å². The van der Waals surface area contributed by atoms with Gasteiger partial charge in [-0.1, -0.05) is 102 Å². The summed E-state index contributed by atoms with van der Waals surface area (Å²) < 4.78 is 0. The SMILES string of the molecule is CCCC[C@H]1C(=O)N(C)[C@@H](CCCC)C(=O)N[C@@H](CCCNC(=N)N)C(=O)N[C@H](C(=O)NCC(N)=O)CSCC(=O)N[C@@H](Cc2ccc(O)cc2)C(=O)N(C)[C@@H](C)C(=O)N[C@@H](CC(=O)O)C(=O)N2CCC[C@H]2C(=O)N[C@@H](Cc2c[nH]cn2)C(=O)N[C@@H](CC(C)C)C(=O)N2CCC[C@H]2C(=O)N[C@@H](Cc2c[nH]c3ccccc23)C(=O)N[C@@H](CO)C(=O)N[C@@H](Cc2c[nH]c3ccccc23)C(=O)N1C. The molecule has 6 aromatic rings. The van der Waals surface area contributed by atoms with E-state index in [-0.39, 0.29) is 120 Å². The first-order valence-corrected chi connectivity index (χ1v) is 46.6. The van der Waals surface area contributed by atoms with E-state index in [2.05, 4.69) is 78.4 Å². The van der Waals surface area contributed by atoms with Crippen LogP contribution in [0.1, 0.15) is 147 Å². The highest BCUT2D eigenvalue weighted by molar-refractivity contribution is 8.00. The van der Waals surface area contributed by atoms with Crippen molar-refractivity contribution in [3.05, 3.63) is 120 Å². The van der Waals surface area contributed by atoms with Crippen LogP contribution in [0.4, 0.5) is 0 Å². The van der Waals surface area contributed by atoms with Crippen LogP contribution in [0.3, 0.4) is 0 Å². The Morgan fingerprint density at radius 2 is 1.04 bits per heavy atom. The number of aromatic amines is 3. The molecule has 43 nitrogen and oxygen atoms in total. The predicted octanol–water partition coefficient (Wildman–Crippen LogP) is -1.30. The molecule has 0 spiro atoms. The highest BCUT2D eigenvalue weighted by Crippen LogP contribution is 2.28. The molecule has 0 bridgehead atoms. The number of aromatic hydroxyl groups is 1. The Labute approximate surface area is 784 Å². The topological polar surface area (TPSA) is 636 Å². The lowest BCUT2D eigenvalue weighted by Crippen LogP contribution is -2.62. The molecule has 14 atom stereocenters. The van der Waals surface area contributed by atoms with Gasteiger partial charge >= 0.3 is 5.97 Å². The zero-order valence-corrected chi connectivity index (χ0v) is 77.9. The van der Waals surface area contributed by atoms with Gasteiger partial charge < -0.3 is 125 Å². The number of primary amides is 1. The van der Waals surface area contributed by atoms with Crippen LogP contribution >= 0.6 is 11.8 Å². The number of amides is 16. The number of carboxylic acids is 1. The van der Waals surface area contributed by atoms with Gasteiger partial charge in [0.25, 0.3) is 0 Å². The second kappa shape index (κ2) is 50.4. The first-order valence-electron chi connectivity index (χ1n) is 45.4. The summed E-state index contributed by atoms with van der Waals surface area (Å²) in [4.78, 5) is 269. The van der Waals surface area contributed by atoms with Gasteiger partial charge in [0, 0.05) is 113 Å². The van der Waals surface area contributed by atoms with Gasteiger partial charge in [0.1, 0.15) is 90.3 Å². The van der Waals surface area contributed by atoms with Gasteiger partial charge in [-0.25, -0.2) is 4.98 Å². The molecule has 3 aromatic carbocycles. The van der Waals surface area contributed by atoms with E-state index < -0.39 is 222 Å². The van der Waals surface area contributed by atoms with Gasteiger partial charge in [0.05, 0.1) is 37.3 Å². The summed E-state index contributed by atoms with van der Waals surface area (Å²) in [6.07, 6.45) is 5.83. The Morgan fingerprint density at radius 3 is 1.60 bits per heavy atom. The number of aliphatic hydroxyl groups is 1. The lowest BCUT2D eigenvalue weighted by atomic mass is 10.00. The molecule has 732 valence electrons. The zero-order valence-electron chi connectivity index (χ0n) is 77.1. The molecule has 3 fully saturated rings. The van der Waals surface area contributed by atoms with Crippen LogP contribution in [-0.4, -0.2) is 316 Å². The number of nitrogens with zero attached hydrogens (tertiary/aromatic N) is 6. The number of likely N-dealkylation sites (N-methyl/N-ethyl adjacent to an activating group) is 3. The maximum Gasteiger partial charge on any atom is 0.305 e. The highest BCUT2D eigenvalue weighted by atomic mass is 32.2. The summed E-state index contributed by atoms with van der Waals surface area (Å²) in [7, 11) is 3.90. The third-order valence-corrected chi connectivity index (χ3v) is 25.3. The Balaban J connectivity index is 1.10. The van der Waals surface area contributed by atoms with Gasteiger partial charge in [-0.05, 0) is 112 Å². The molecule has 44 heteroatoms. The van der Waals surface area contributed by atoms with Crippen LogP contribution in [0.5, 0.6) is 5.75 Å². The van der Waals surface area contributed by atoms with Crippen molar-refractivity contribution in [1.29, 1.82) is 5.41 Å². The number of benzene rings is 3. The Bertz CT molecular complexity index is 5200. The number of hydrogen-bond acceptors (Lipinski definition) is 22. The molecule has 6 heterocycles. The Kier molecular flexibility index (Phi) is 39.2. The number of aliphatic carboxylic acids is 1. The average molecular weight is 1900 g/mol. The number of rotatable bonds is 26. The number of carbonyl (C=O) groups excluding carboxylic acids is 16. The number of carbonyl (C=O) groups is 17. The van der Waals surface area contributed by atoms with Crippen molar-refractivity contribution in [2.24, 2.45) is 17.4 Å². The number of aromatic nitrogens is 4. The molecular weight excluding hydrogens is 1770 g/mol. The Morgan fingerprint density at radius 1 is 0.541 bits per heavy atom. The number of phenolic OH excluding ortho intramolecular Hbond substituents is 1. The van der Waals surface area contributed by atoms with Crippen LogP contribution in [-0.2, 0) is 107 Å². The van der Waals surface area contributed by atoms with Gasteiger partial charge in [-0.2, -0.15) is 0 Å². The van der Waals surface area contributed by atoms with Crippen molar-refractivity contribution in [2.45, 2.75) is 235 Å². The highest BCUT2D eigenvalue weighted by Gasteiger charge is 2.46. The van der Waals surface area contributed by atoms with Crippen molar-refractivity contribution in [2.75, 3.05) is 65.4 Å². The van der Waals surface area contributed by atoms with Gasteiger partial charge in [0.2, 0.25) is 94.5 Å². The number of H-pyrrole nitrogens is 3. The van der Waals surface area contributed by atoms with E-state index in [1.54, 1.807) is 74.8 Å². The molecule has 3 aromatic heterocycles. The number of nitrogens with two attached hydrogens (primary N) is 2. The fraction of sp³-hybridized carbons (Fsp3) is 0.527. The molecular formula is C91H127N23O20S. The number of unbranched alkanes of at least 4 members (excludes halogenated alkanes) is 2. The third kappa shape index (κ3) is 29.4. The molecule has 3 aliphatic heterocycles. The van der Waals surface area contributed by atoms with Gasteiger partial charge in [0.15, 0.2) is 5.96 Å². The average Bonchev–Trinajstić information content (AvgIpc) is 1.75. The number of fused-ring (bicyclic) bond motifs is 4. The number of carboxylic acid groups (broad SMARTS) is 1. The molecule has 0 radical (unpaired) electrons. The molecule has 135 heavy (non-hydrogen) atoms. The maximum absolute atomic E-state index is 15.8. The number of imidazole rings is 1. The van der Waals surface area contributed by atoms with Crippen LogP contribution in [0.15, 0.2) is 97.7 Å². The summed E-state index contributed by atoms with van der Waals surface area (Å²) >= 11 is 0.756. The molecule has 9 rings (SSSR count). The Hall–Kier alpha value is -13.7.